The van der Waals surface area contributed by atoms with Gasteiger partial charge >= 0.3 is 5.97 Å². The second-order valence-electron chi connectivity index (χ2n) is 10.0. The fraction of sp³-hybridized carbons (Fsp3) is 0.429. The van der Waals surface area contributed by atoms with Crippen LogP contribution in [-0.2, 0) is 32.0 Å². The van der Waals surface area contributed by atoms with Gasteiger partial charge in [-0.1, -0.05) is 70.2 Å². The number of hydrogen-bond acceptors (Lipinski definition) is 6. The van der Waals surface area contributed by atoms with Crippen molar-refractivity contribution in [2.45, 2.75) is 64.7 Å². The number of carbonyl (C=O) groups is 4. The van der Waals surface area contributed by atoms with E-state index in [9.17, 15) is 29.4 Å². The molecule has 0 aliphatic heterocycles. The standard InChI is InChI=1S/C28H38N4O6/c1-16(2)23(26(35)30-22(28(37)38)15-19-10-12-20(33)13-11-19)32-27(36)24(17(3)4)31-25(34)21(29)14-18-8-6-5-7-9-18/h5-13,16-17,21-24,33H,14-15,29H2,1-4H3,(H,30,35)(H,31,34)(H,32,36)(H,37,38)/t21-,22-,23-,24-/m0/s1. The maximum Gasteiger partial charge on any atom is 0.326 e. The molecule has 2 aromatic carbocycles. The number of rotatable bonds is 13. The molecule has 0 radical (unpaired) electrons. The third kappa shape index (κ3) is 9.19. The number of phenolic OH excluding ortho intramolecular Hbond substituents is 1. The van der Waals surface area contributed by atoms with E-state index >= 15 is 0 Å². The van der Waals surface area contributed by atoms with Crippen LogP contribution in [0.5, 0.6) is 5.75 Å². The van der Waals surface area contributed by atoms with Gasteiger partial charge in [0.2, 0.25) is 17.7 Å². The molecule has 0 spiro atoms. The Kier molecular flexibility index (Phi) is 11.3. The Hall–Kier alpha value is -3.92. The molecule has 0 aliphatic rings. The van der Waals surface area contributed by atoms with Crippen LogP contribution in [0.1, 0.15) is 38.8 Å². The van der Waals surface area contributed by atoms with E-state index in [1.165, 1.54) is 12.1 Å². The van der Waals surface area contributed by atoms with Crippen LogP contribution in [-0.4, -0.2) is 58.1 Å². The van der Waals surface area contributed by atoms with Gasteiger partial charge < -0.3 is 31.9 Å². The quantitative estimate of drug-likeness (QED) is 0.229. The van der Waals surface area contributed by atoms with E-state index in [1.807, 2.05) is 30.3 Å². The van der Waals surface area contributed by atoms with Gasteiger partial charge in [0.15, 0.2) is 0 Å². The van der Waals surface area contributed by atoms with Crippen molar-refractivity contribution < 1.29 is 29.4 Å². The largest absolute Gasteiger partial charge is 0.508 e. The first-order valence-electron chi connectivity index (χ1n) is 12.6. The van der Waals surface area contributed by atoms with E-state index in [4.69, 9.17) is 5.73 Å². The van der Waals surface area contributed by atoms with E-state index in [1.54, 1.807) is 39.8 Å². The SMILES string of the molecule is CC(C)[C@H](NC(=O)[C@@H](NC(=O)[C@@H](N)Cc1ccccc1)C(C)C)C(=O)N[C@@H](Cc1ccc(O)cc1)C(=O)O. The summed E-state index contributed by atoms with van der Waals surface area (Å²) in [5, 5.41) is 27.0. The lowest BCUT2D eigenvalue weighted by Gasteiger charge is -2.28. The van der Waals surface area contributed by atoms with E-state index in [-0.39, 0.29) is 24.0 Å². The molecule has 10 heteroatoms. The molecule has 0 saturated heterocycles. The van der Waals surface area contributed by atoms with Gasteiger partial charge in [-0.2, -0.15) is 0 Å². The summed E-state index contributed by atoms with van der Waals surface area (Å²) in [6.07, 6.45) is 0.290. The number of aromatic hydroxyl groups is 1. The highest BCUT2D eigenvalue weighted by molar-refractivity contribution is 5.94. The lowest BCUT2D eigenvalue weighted by molar-refractivity contribution is -0.142. The number of carboxylic acid groups (broad SMARTS) is 1. The zero-order chi connectivity index (χ0) is 28.4. The van der Waals surface area contributed by atoms with E-state index in [0.717, 1.165) is 5.56 Å². The normalized spacial score (nSPS) is 14.3. The topological polar surface area (TPSA) is 171 Å². The van der Waals surface area contributed by atoms with Crippen LogP contribution >= 0.6 is 0 Å². The van der Waals surface area contributed by atoms with Gasteiger partial charge in [-0.05, 0) is 41.5 Å². The minimum atomic E-state index is -1.25. The molecule has 0 unspecified atom stereocenters. The van der Waals surface area contributed by atoms with Crippen molar-refractivity contribution in [2.24, 2.45) is 17.6 Å². The van der Waals surface area contributed by atoms with Crippen molar-refractivity contribution in [3.63, 3.8) is 0 Å². The first-order chi connectivity index (χ1) is 17.9. The molecule has 0 aromatic heterocycles. The number of phenols is 1. The summed E-state index contributed by atoms with van der Waals surface area (Å²) < 4.78 is 0. The van der Waals surface area contributed by atoms with Gasteiger partial charge in [0.05, 0.1) is 6.04 Å². The van der Waals surface area contributed by atoms with Gasteiger partial charge in [0.25, 0.3) is 0 Å². The lowest BCUT2D eigenvalue weighted by Crippen LogP contribution is -2.59. The minimum Gasteiger partial charge on any atom is -0.508 e. The fourth-order valence-electron chi connectivity index (χ4n) is 3.86. The monoisotopic (exact) mass is 526 g/mol. The molecule has 3 amide bonds. The number of hydrogen-bond donors (Lipinski definition) is 6. The number of nitrogens with two attached hydrogens (primary N) is 1. The van der Waals surface area contributed by atoms with Crippen molar-refractivity contribution in [2.75, 3.05) is 0 Å². The number of aliphatic carboxylic acids is 1. The van der Waals surface area contributed by atoms with Gasteiger partial charge in [0, 0.05) is 6.42 Å². The lowest BCUT2D eigenvalue weighted by atomic mass is 9.98. The Morgan fingerprint density at radius 2 is 1.18 bits per heavy atom. The van der Waals surface area contributed by atoms with Crippen LogP contribution in [0, 0.1) is 11.8 Å². The predicted octanol–water partition coefficient (Wildman–Crippen LogP) is 1.36. The summed E-state index contributed by atoms with van der Waals surface area (Å²) in [5.74, 6) is -3.59. The summed E-state index contributed by atoms with van der Waals surface area (Å²) in [5.41, 5.74) is 7.57. The van der Waals surface area contributed by atoms with Gasteiger partial charge in [0.1, 0.15) is 23.9 Å². The average molecular weight is 527 g/mol. The zero-order valence-corrected chi connectivity index (χ0v) is 22.2. The summed E-state index contributed by atoms with van der Waals surface area (Å²) in [6.45, 7) is 6.96. The zero-order valence-electron chi connectivity index (χ0n) is 22.2. The van der Waals surface area contributed by atoms with Crippen LogP contribution in [0.15, 0.2) is 54.6 Å². The van der Waals surface area contributed by atoms with Crippen molar-refractivity contribution in [3.8, 4) is 5.75 Å². The van der Waals surface area contributed by atoms with Crippen molar-refractivity contribution in [1.82, 2.24) is 16.0 Å². The maximum atomic E-state index is 13.2. The van der Waals surface area contributed by atoms with Crippen LogP contribution in [0.3, 0.4) is 0 Å². The molecule has 2 rings (SSSR count). The summed E-state index contributed by atoms with van der Waals surface area (Å²) in [7, 11) is 0. The molecular weight excluding hydrogens is 488 g/mol. The van der Waals surface area contributed by atoms with Crippen LogP contribution < -0.4 is 21.7 Å². The molecule has 38 heavy (non-hydrogen) atoms. The van der Waals surface area contributed by atoms with Gasteiger partial charge in [-0.15, -0.1) is 0 Å². The van der Waals surface area contributed by atoms with Gasteiger partial charge in [-0.25, -0.2) is 4.79 Å². The third-order valence-electron chi connectivity index (χ3n) is 6.12. The molecule has 0 fully saturated rings. The maximum absolute atomic E-state index is 13.2. The molecule has 10 nitrogen and oxygen atoms in total. The fourth-order valence-corrected chi connectivity index (χ4v) is 3.86. The van der Waals surface area contributed by atoms with Crippen molar-refractivity contribution in [1.29, 1.82) is 0 Å². The van der Waals surface area contributed by atoms with E-state index in [0.29, 0.717) is 12.0 Å². The molecule has 0 saturated carbocycles. The molecule has 0 aliphatic carbocycles. The Balaban J connectivity index is 2.07. The van der Waals surface area contributed by atoms with Crippen LogP contribution in [0.25, 0.3) is 0 Å². The van der Waals surface area contributed by atoms with Crippen molar-refractivity contribution in [3.05, 3.63) is 65.7 Å². The van der Waals surface area contributed by atoms with Crippen LogP contribution in [0.4, 0.5) is 0 Å². The summed E-state index contributed by atoms with van der Waals surface area (Å²) in [4.78, 5) is 50.8. The third-order valence-corrected chi connectivity index (χ3v) is 6.12. The molecule has 0 bridgehead atoms. The second kappa shape index (κ2) is 14.1. The highest BCUT2D eigenvalue weighted by atomic mass is 16.4. The number of benzene rings is 2. The Morgan fingerprint density at radius 1 is 0.711 bits per heavy atom. The summed E-state index contributed by atoms with van der Waals surface area (Å²) in [6, 6.07) is 11.2. The highest BCUT2D eigenvalue weighted by Gasteiger charge is 2.33. The number of amides is 3. The van der Waals surface area contributed by atoms with E-state index < -0.39 is 47.9 Å². The second-order valence-corrected chi connectivity index (χ2v) is 10.0. The number of carboxylic acids is 1. The molecule has 7 N–H and O–H groups in total. The van der Waals surface area contributed by atoms with Crippen LogP contribution in [0.2, 0.25) is 0 Å². The smallest absolute Gasteiger partial charge is 0.326 e. The molecule has 2 aromatic rings. The average Bonchev–Trinajstić information content (AvgIpc) is 2.86. The molecular formula is C28H38N4O6. The first kappa shape index (κ1) is 30.3. The molecule has 206 valence electrons. The van der Waals surface area contributed by atoms with Gasteiger partial charge in [-0.3, -0.25) is 14.4 Å². The highest BCUT2D eigenvalue weighted by Crippen LogP contribution is 2.13. The minimum absolute atomic E-state index is 0.00983. The predicted molar refractivity (Wildman–Crippen MR) is 143 cm³/mol. The Bertz CT molecular complexity index is 1090. The van der Waals surface area contributed by atoms with E-state index in [2.05, 4.69) is 16.0 Å². The number of nitrogens with one attached hydrogen (secondary N) is 3. The summed E-state index contributed by atoms with van der Waals surface area (Å²) >= 11 is 0. The Morgan fingerprint density at radius 3 is 1.68 bits per heavy atom. The molecule has 4 atom stereocenters. The first-order valence-corrected chi connectivity index (χ1v) is 12.6. The Labute approximate surface area is 223 Å². The van der Waals surface area contributed by atoms with Crippen molar-refractivity contribution >= 4 is 23.7 Å². The number of carbonyl (C=O) groups excluding carboxylic acids is 3. The molecule has 0 heterocycles.